The van der Waals surface area contributed by atoms with Crippen molar-refractivity contribution in [1.29, 1.82) is 0 Å². The molecule has 2 N–H and O–H groups in total. The molecule has 2 heterocycles. The third-order valence-corrected chi connectivity index (χ3v) is 4.65. The molecule has 0 bridgehead atoms. The van der Waals surface area contributed by atoms with Gasteiger partial charge in [0.2, 0.25) is 5.95 Å². The largest absolute Gasteiger partial charge is 0.291 e. The first-order valence-corrected chi connectivity index (χ1v) is 9.28. The molecule has 1 amide bonds. The molecule has 30 heavy (non-hydrogen) atoms. The summed E-state index contributed by atoms with van der Waals surface area (Å²) >= 11 is 0. The van der Waals surface area contributed by atoms with Gasteiger partial charge in [-0.3, -0.25) is 20.0 Å². The summed E-state index contributed by atoms with van der Waals surface area (Å²) in [5.74, 6) is 0.0280. The smallest absolute Gasteiger partial charge is 0.274 e. The fourth-order valence-electron chi connectivity index (χ4n) is 3.00. The zero-order chi connectivity index (χ0) is 20.6. The normalized spacial score (nSPS) is 11.2. The van der Waals surface area contributed by atoms with Crippen molar-refractivity contribution in [3.05, 3.63) is 82.1 Å². The Labute approximate surface area is 179 Å². The van der Waals surface area contributed by atoms with Crippen molar-refractivity contribution in [2.24, 2.45) is 0 Å². The van der Waals surface area contributed by atoms with Gasteiger partial charge >= 0.3 is 0 Å². The first-order chi connectivity index (χ1) is 13.8. The number of anilines is 1. The number of nitrogens with one attached hydrogen (secondary N) is 2. The number of hydrogen-bond donors (Lipinski definition) is 2. The van der Waals surface area contributed by atoms with Crippen LogP contribution in [0.15, 0.2) is 65.5 Å². The Morgan fingerprint density at radius 3 is 2.30 bits per heavy atom. The van der Waals surface area contributed by atoms with Crippen LogP contribution >= 0.6 is 12.4 Å². The van der Waals surface area contributed by atoms with E-state index in [0.29, 0.717) is 11.3 Å². The first kappa shape index (κ1) is 21.3. The van der Waals surface area contributed by atoms with E-state index in [9.17, 15) is 9.59 Å². The minimum Gasteiger partial charge on any atom is -0.291 e. The van der Waals surface area contributed by atoms with Crippen molar-refractivity contribution >= 4 is 30.0 Å². The predicted molar refractivity (Wildman–Crippen MR) is 119 cm³/mol. The van der Waals surface area contributed by atoms with Crippen molar-refractivity contribution < 1.29 is 4.79 Å². The molecule has 2 aromatic carbocycles. The number of amides is 1. The van der Waals surface area contributed by atoms with Crippen molar-refractivity contribution in [2.45, 2.75) is 26.2 Å². The van der Waals surface area contributed by atoms with Crippen LogP contribution < -0.4 is 10.9 Å². The molecule has 8 heteroatoms. The highest BCUT2D eigenvalue weighted by atomic mass is 35.5. The molecule has 4 aromatic rings. The van der Waals surface area contributed by atoms with Crippen LogP contribution in [0.4, 0.5) is 5.95 Å². The molecule has 0 aliphatic rings. The number of fused-ring (bicyclic) bond motifs is 1. The van der Waals surface area contributed by atoms with Gasteiger partial charge in [-0.15, -0.1) is 12.4 Å². The molecule has 0 unspecified atom stereocenters. The van der Waals surface area contributed by atoms with E-state index >= 15 is 0 Å². The fraction of sp³-hybridized carbons (Fsp3) is 0.182. The summed E-state index contributed by atoms with van der Waals surface area (Å²) < 4.78 is 1.20. The van der Waals surface area contributed by atoms with Crippen LogP contribution in [0.5, 0.6) is 0 Å². The van der Waals surface area contributed by atoms with Gasteiger partial charge in [-0.25, -0.2) is 4.98 Å². The molecular formula is C22H22ClN5O2. The highest BCUT2D eigenvalue weighted by molar-refractivity contribution is 6.03. The third-order valence-electron chi connectivity index (χ3n) is 4.65. The number of hydrogen-bond acceptors (Lipinski definition) is 4. The number of aromatic amines is 1. The molecule has 0 fully saturated rings. The quantitative estimate of drug-likeness (QED) is 0.519. The Hall–Kier alpha value is -3.45. The minimum absolute atomic E-state index is 0. The van der Waals surface area contributed by atoms with E-state index in [1.54, 1.807) is 12.1 Å². The number of carbonyl (C=O) groups is 1. The lowest BCUT2D eigenvalue weighted by atomic mass is 9.87. The van der Waals surface area contributed by atoms with E-state index in [-0.39, 0.29) is 41.0 Å². The van der Waals surface area contributed by atoms with E-state index < -0.39 is 0 Å². The lowest BCUT2D eigenvalue weighted by Crippen LogP contribution is -2.16. The number of aromatic nitrogens is 4. The summed E-state index contributed by atoms with van der Waals surface area (Å²) in [5, 5.41) is 5.46. The van der Waals surface area contributed by atoms with Gasteiger partial charge in [-0.1, -0.05) is 63.2 Å². The summed E-state index contributed by atoms with van der Waals surface area (Å²) in [6.45, 7) is 6.35. The Bertz CT molecular complexity index is 1240. The van der Waals surface area contributed by atoms with Crippen LogP contribution in [0.25, 0.3) is 17.0 Å². The molecule has 0 saturated carbocycles. The van der Waals surface area contributed by atoms with Gasteiger partial charge in [0.15, 0.2) is 0 Å². The van der Waals surface area contributed by atoms with Gasteiger partial charge < -0.3 is 0 Å². The second kappa shape index (κ2) is 8.12. The average Bonchev–Trinajstić information content (AvgIpc) is 3.11. The Balaban J connectivity index is 0.00000256. The second-order valence-corrected chi connectivity index (χ2v) is 7.83. The topological polar surface area (TPSA) is 92.2 Å². The molecule has 2 aromatic heterocycles. The van der Waals surface area contributed by atoms with Gasteiger partial charge in [-0.2, -0.15) is 9.50 Å². The molecule has 0 aliphatic heterocycles. The maximum atomic E-state index is 12.5. The number of rotatable bonds is 3. The fourth-order valence-corrected chi connectivity index (χ4v) is 3.00. The summed E-state index contributed by atoms with van der Waals surface area (Å²) in [4.78, 5) is 33.6. The van der Waals surface area contributed by atoms with Gasteiger partial charge in [0.05, 0.1) is 5.69 Å². The van der Waals surface area contributed by atoms with E-state index in [0.717, 1.165) is 11.1 Å². The molecule has 154 valence electrons. The Kier molecular flexibility index (Phi) is 5.75. The SMILES string of the molecule is CC(C)(C)c1ccc(C(=O)Nc2nc3nc(-c4ccccc4)cc(=O)n3[nH]2)cc1.Cl. The van der Waals surface area contributed by atoms with Crippen LogP contribution in [-0.2, 0) is 5.41 Å². The maximum absolute atomic E-state index is 12.5. The van der Waals surface area contributed by atoms with E-state index in [1.165, 1.54) is 10.6 Å². The lowest BCUT2D eigenvalue weighted by molar-refractivity contribution is 0.102. The number of nitrogens with zero attached hydrogens (tertiary/aromatic N) is 3. The van der Waals surface area contributed by atoms with E-state index in [4.69, 9.17) is 0 Å². The number of carbonyl (C=O) groups excluding carboxylic acids is 1. The highest BCUT2D eigenvalue weighted by Gasteiger charge is 2.16. The number of benzene rings is 2. The summed E-state index contributed by atoms with van der Waals surface area (Å²) in [5.41, 5.74) is 2.69. The predicted octanol–water partition coefficient (Wildman–Crippen LogP) is 4.06. The number of halogens is 1. The zero-order valence-corrected chi connectivity index (χ0v) is 17.7. The summed E-state index contributed by atoms with van der Waals surface area (Å²) in [6, 6.07) is 18.2. The molecule has 0 aliphatic carbocycles. The Morgan fingerprint density at radius 1 is 1.00 bits per heavy atom. The van der Waals surface area contributed by atoms with Crippen LogP contribution in [0.2, 0.25) is 0 Å². The molecular weight excluding hydrogens is 402 g/mol. The van der Waals surface area contributed by atoms with Crippen molar-refractivity contribution in [1.82, 2.24) is 19.6 Å². The summed E-state index contributed by atoms with van der Waals surface area (Å²) in [6.07, 6.45) is 0. The highest BCUT2D eigenvalue weighted by Crippen LogP contribution is 2.22. The molecule has 4 rings (SSSR count). The van der Waals surface area contributed by atoms with Gasteiger partial charge in [0.1, 0.15) is 0 Å². The number of H-pyrrole nitrogens is 1. The molecule has 0 saturated heterocycles. The van der Waals surface area contributed by atoms with Crippen molar-refractivity contribution in [3.63, 3.8) is 0 Å². The monoisotopic (exact) mass is 423 g/mol. The second-order valence-electron chi connectivity index (χ2n) is 7.83. The maximum Gasteiger partial charge on any atom is 0.274 e. The van der Waals surface area contributed by atoms with Gasteiger partial charge in [-0.05, 0) is 23.1 Å². The molecule has 0 atom stereocenters. The standard InChI is InChI=1S/C22H21N5O2.ClH/c1-22(2,3)16-11-9-15(10-12-16)19(29)24-20-25-21-23-17(13-18(28)27(21)26-20)14-7-5-4-6-8-14;/h4-13H,1-3H3,(H2,23,24,25,26,29);1H. The molecule has 7 nitrogen and oxygen atoms in total. The van der Waals surface area contributed by atoms with Crippen LogP contribution in [0.1, 0.15) is 36.7 Å². The van der Waals surface area contributed by atoms with E-state index in [1.807, 2.05) is 42.5 Å². The molecule has 0 spiro atoms. The Morgan fingerprint density at radius 2 is 1.67 bits per heavy atom. The van der Waals surface area contributed by atoms with Crippen molar-refractivity contribution in [2.75, 3.05) is 5.32 Å². The third kappa shape index (κ3) is 4.26. The van der Waals surface area contributed by atoms with Crippen LogP contribution in [0.3, 0.4) is 0 Å². The van der Waals surface area contributed by atoms with Crippen LogP contribution in [0, 0.1) is 0 Å². The minimum atomic E-state index is -0.319. The lowest BCUT2D eigenvalue weighted by Gasteiger charge is -2.18. The van der Waals surface area contributed by atoms with Crippen LogP contribution in [-0.4, -0.2) is 25.5 Å². The first-order valence-electron chi connectivity index (χ1n) is 9.28. The summed E-state index contributed by atoms with van der Waals surface area (Å²) in [7, 11) is 0. The van der Waals surface area contributed by atoms with Gasteiger partial charge in [0.25, 0.3) is 17.2 Å². The molecule has 0 radical (unpaired) electrons. The zero-order valence-electron chi connectivity index (χ0n) is 16.8. The average molecular weight is 424 g/mol. The van der Waals surface area contributed by atoms with Crippen molar-refractivity contribution in [3.8, 4) is 11.3 Å². The van der Waals surface area contributed by atoms with Gasteiger partial charge in [0, 0.05) is 17.2 Å². The van der Waals surface area contributed by atoms with E-state index in [2.05, 4.69) is 41.2 Å².